The van der Waals surface area contributed by atoms with E-state index in [2.05, 4.69) is 46.1 Å². The molecule has 1 aromatic heterocycles. The minimum atomic E-state index is 0.433. The second-order valence-electron chi connectivity index (χ2n) is 5.02. The first kappa shape index (κ1) is 15.0. The van der Waals surface area contributed by atoms with Crippen LogP contribution < -0.4 is 10.1 Å². The predicted molar refractivity (Wildman–Crippen MR) is 85.2 cm³/mol. The third-order valence-corrected chi connectivity index (χ3v) is 3.33. The largest absolute Gasteiger partial charge is 0.455 e. The van der Waals surface area contributed by atoms with E-state index in [1.54, 1.807) is 6.20 Å². The first-order valence-corrected chi connectivity index (χ1v) is 7.46. The van der Waals surface area contributed by atoms with Gasteiger partial charge in [0.1, 0.15) is 11.5 Å². The van der Waals surface area contributed by atoms with Crippen molar-refractivity contribution < 1.29 is 4.74 Å². The molecule has 1 N–H and O–H groups in total. The van der Waals surface area contributed by atoms with Gasteiger partial charge in [0.25, 0.3) is 0 Å². The van der Waals surface area contributed by atoms with E-state index in [1.807, 2.05) is 31.2 Å². The van der Waals surface area contributed by atoms with Gasteiger partial charge in [0.2, 0.25) is 0 Å². The topological polar surface area (TPSA) is 34.1 Å². The number of halogens is 1. The summed E-state index contributed by atoms with van der Waals surface area (Å²) in [6.45, 7) is 6.98. The first-order chi connectivity index (χ1) is 9.54. The molecule has 0 saturated carbocycles. The van der Waals surface area contributed by atoms with Crippen molar-refractivity contribution in [1.29, 1.82) is 0 Å². The molecule has 1 heterocycles. The molecule has 4 heteroatoms. The number of hydrogen-bond donors (Lipinski definition) is 1. The average Bonchev–Trinajstić information content (AvgIpc) is 2.41. The highest BCUT2D eigenvalue weighted by Crippen LogP contribution is 2.27. The lowest BCUT2D eigenvalue weighted by Crippen LogP contribution is -2.22. The zero-order valence-corrected chi connectivity index (χ0v) is 13.6. The van der Waals surface area contributed by atoms with Crippen LogP contribution in [0.4, 0.5) is 0 Å². The normalized spacial score (nSPS) is 10.8. The summed E-state index contributed by atoms with van der Waals surface area (Å²) in [5, 5.41) is 3.41. The number of pyridine rings is 1. The molecule has 0 aliphatic carbocycles. The maximum atomic E-state index is 5.93. The summed E-state index contributed by atoms with van der Waals surface area (Å²) in [4.78, 5) is 4.25. The van der Waals surface area contributed by atoms with Gasteiger partial charge >= 0.3 is 0 Å². The summed E-state index contributed by atoms with van der Waals surface area (Å²) in [5.41, 5.74) is 2.10. The minimum Gasteiger partial charge on any atom is -0.455 e. The molecule has 2 aromatic rings. The summed E-state index contributed by atoms with van der Waals surface area (Å²) in [7, 11) is 0. The van der Waals surface area contributed by atoms with Crippen LogP contribution in [0.25, 0.3) is 0 Å². The zero-order chi connectivity index (χ0) is 14.5. The first-order valence-electron chi connectivity index (χ1n) is 6.67. The molecule has 0 aliphatic rings. The van der Waals surface area contributed by atoms with Crippen molar-refractivity contribution in [3.05, 3.63) is 52.3 Å². The quantitative estimate of drug-likeness (QED) is 0.877. The Morgan fingerprint density at radius 2 is 2.05 bits per heavy atom. The van der Waals surface area contributed by atoms with Gasteiger partial charge < -0.3 is 10.1 Å². The van der Waals surface area contributed by atoms with Gasteiger partial charge in [-0.25, -0.2) is 0 Å². The van der Waals surface area contributed by atoms with Crippen molar-refractivity contribution in [2.75, 3.05) is 0 Å². The standard InChI is InChI=1S/C16H19BrN2O/c1-11(2)18-9-13-8-14(17)5-7-16(13)20-15-6-4-12(3)19-10-15/h4-8,10-11,18H,9H2,1-3H3. The van der Waals surface area contributed by atoms with Gasteiger partial charge in [0, 0.05) is 28.3 Å². The Balaban J connectivity index is 2.19. The van der Waals surface area contributed by atoms with E-state index in [0.29, 0.717) is 6.04 Å². The van der Waals surface area contributed by atoms with E-state index in [4.69, 9.17) is 4.74 Å². The molecule has 0 fully saturated rings. The highest BCUT2D eigenvalue weighted by molar-refractivity contribution is 9.10. The Morgan fingerprint density at radius 3 is 2.70 bits per heavy atom. The van der Waals surface area contributed by atoms with Gasteiger partial charge in [0.05, 0.1) is 6.20 Å². The van der Waals surface area contributed by atoms with Crippen LogP contribution in [0.15, 0.2) is 41.0 Å². The Morgan fingerprint density at radius 1 is 1.25 bits per heavy atom. The maximum Gasteiger partial charge on any atom is 0.145 e. The molecular weight excluding hydrogens is 316 g/mol. The number of nitrogens with zero attached hydrogens (tertiary/aromatic N) is 1. The molecule has 3 nitrogen and oxygen atoms in total. The third kappa shape index (κ3) is 4.32. The fourth-order valence-electron chi connectivity index (χ4n) is 1.74. The fraction of sp³-hybridized carbons (Fsp3) is 0.312. The molecule has 0 spiro atoms. The molecule has 0 bridgehead atoms. The lowest BCUT2D eigenvalue weighted by molar-refractivity contribution is 0.467. The highest BCUT2D eigenvalue weighted by Gasteiger charge is 2.07. The lowest BCUT2D eigenvalue weighted by atomic mass is 10.2. The van der Waals surface area contributed by atoms with Gasteiger partial charge in [-0.05, 0) is 37.3 Å². The van der Waals surface area contributed by atoms with E-state index >= 15 is 0 Å². The minimum absolute atomic E-state index is 0.433. The van der Waals surface area contributed by atoms with E-state index in [9.17, 15) is 0 Å². The SMILES string of the molecule is Cc1ccc(Oc2ccc(Br)cc2CNC(C)C)cn1. The molecule has 0 amide bonds. The number of ether oxygens (including phenoxy) is 1. The molecule has 0 unspecified atom stereocenters. The number of benzene rings is 1. The van der Waals surface area contributed by atoms with Crippen LogP contribution in [0.2, 0.25) is 0 Å². The van der Waals surface area contributed by atoms with Crippen LogP contribution in [-0.2, 0) is 6.54 Å². The van der Waals surface area contributed by atoms with Crippen LogP contribution >= 0.6 is 15.9 Å². The Bertz CT molecular complexity index is 567. The van der Waals surface area contributed by atoms with Crippen LogP contribution in [0.3, 0.4) is 0 Å². The van der Waals surface area contributed by atoms with Gasteiger partial charge in [-0.2, -0.15) is 0 Å². The third-order valence-electron chi connectivity index (χ3n) is 2.84. The number of rotatable bonds is 5. The van der Waals surface area contributed by atoms with Crippen molar-refractivity contribution in [2.24, 2.45) is 0 Å². The maximum absolute atomic E-state index is 5.93. The number of aryl methyl sites for hydroxylation is 1. The van der Waals surface area contributed by atoms with Gasteiger partial charge in [-0.15, -0.1) is 0 Å². The Labute approximate surface area is 128 Å². The summed E-state index contributed by atoms with van der Waals surface area (Å²) in [6.07, 6.45) is 1.75. The van der Waals surface area contributed by atoms with Crippen molar-refractivity contribution in [2.45, 2.75) is 33.4 Å². The second-order valence-corrected chi connectivity index (χ2v) is 5.94. The van der Waals surface area contributed by atoms with Crippen molar-refractivity contribution >= 4 is 15.9 Å². The van der Waals surface area contributed by atoms with Crippen LogP contribution in [0.1, 0.15) is 25.1 Å². The molecule has 2 rings (SSSR count). The smallest absolute Gasteiger partial charge is 0.145 e. The fourth-order valence-corrected chi connectivity index (χ4v) is 2.15. The number of nitrogens with one attached hydrogen (secondary N) is 1. The predicted octanol–water partition coefficient (Wildman–Crippen LogP) is 4.44. The number of hydrogen-bond acceptors (Lipinski definition) is 3. The van der Waals surface area contributed by atoms with E-state index in [1.165, 1.54) is 0 Å². The summed E-state index contributed by atoms with van der Waals surface area (Å²) in [6, 6.07) is 10.3. The van der Waals surface area contributed by atoms with Gasteiger partial charge in [0.15, 0.2) is 0 Å². The molecule has 1 aromatic carbocycles. The van der Waals surface area contributed by atoms with Gasteiger partial charge in [-0.1, -0.05) is 29.8 Å². The molecule has 20 heavy (non-hydrogen) atoms. The second kappa shape index (κ2) is 6.86. The van der Waals surface area contributed by atoms with E-state index in [0.717, 1.165) is 33.8 Å². The molecule has 106 valence electrons. The van der Waals surface area contributed by atoms with Crippen molar-refractivity contribution in [3.63, 3.8) is 0 Å². The van der Waals surface area contributed by atoms with E-state index < -0.39 is 0 Å². The Hall–Kier alpha value is -1.39. The number of aromatic nitrogens is 1. The monoisotopic (exact) mass is 334 g/mol. The van der Waals surface area contributed by atoms with Crippen LogP contribution in [-0.4, -0.2) is 11.0 Å². The average molecular weight is 335 g/mol. The molecule has 0 saturated heterocycles. The van der Waals surface area contributed by atoms with E-state index in [-0.39, 0.29) is 0 Å². The molecule has 0 atom stereocenters. The summed E-state index contributed by atoms with van der Waals surface area (Å²) < 4.78 is 6.98. The highest BCUT2D eigenvalue weighted by atomic mass is 79.9. The van der Waals surface area contributed by atoms with Gasteiger partial charge in [-0.3, -0.25) is 4.98 Å². The Kier molecular flexibility index (Phi) is 5.15. The molecule has 0 aliphatic heterocycles. The molecular formula is C16H19BrN2O. The summed E-state index contributed by atoms with van der Waals surface area (Å²) in [5.74, 6) is 1.61. The van der Waals surface area contributed by atoms with Crippen LogP contribution in [0.5, 0.6) is 11.5 Å². The zero-order valence-electron chi connectivity index (χ0n) is 12.0. The molecule has 0 radical (unpaired) electrons. The van der Waals surface area contributed by atoms with Crippen molar-refractivity contribution in [3.8, 4) is 11.5 Å². The summed E-state index contributed by atoms with van der Waals surface area (Å²) >= 11 is 3.50. The van der Waals surface area contributed by atoms with Crippen LogP contribution in [0, 0.1) is 6.92 Å². The lowest BCUT2D eigenvalue weighted by Gasteiger charge is -2.14. The van der Waals surface area contributed by atoms with Crippen molar-refractivity contribution in [1.82, 2.24) is 10.3 Å².